The summed E-state index contributed by atoms with van der Waals surface area (Å²) in [6, 6.07) is 3.71. The highest BCUT2D eigenvalue weighted by molar-refractivity contribution is 5.23. The van der Waals surface area contributed by atoms with Crippen LogP contribution in [0.25, 0.3) is 0 Å². The molecule has 0 unspecified atom stereocenters. The van der Waals surface area contributed by atoms with Gasteiger partial charge in [0.15, 0.2) is 0 Å². The summed E-state index contributed by atoms with van der Waals surface area (Å²) in [7, 11) is 0. The summed E-state index contributed by atoms with van der Waals surface area (Å²) in [5.74, 6) is 2.68. The van der Waals surface area contributed by atoms with Crippen molar-refractivity contribution in [3.63, 3.8) is 0 Å². The molecule has 2 rings (SSSR count). The van der Waals surface area contributed by atoms with Crippen LogP contribution in [-0.4, -0.2) is 40.1 Å². The summed E-state index contributed by atoms with van der Waals surface area (Å²) in [5.41, 5.74) is 9.90. The van der Waals surface area contributed by atoms with Gasteiger partial charge in [0, 0.05) is 18.7 Å². The Hall–Kier alpha value is -2.08. The second-order valence-electron chi connectivity index (χ2n) is 4.31. The van der Waals surface area contributed by atoms with Crippen molar-refractivity contribution in [2.45, 2.75) is 24.9 Å². The standard InChI is InChI=1S/C12H16N4O4/c13-3-1-5-19-7-9-8(17)6-11(20-9)16-4-2-10(14)15-12(16)18/h2,4,8-9,11,17H,5-7,13H2,(H2,14,15,18)/t8-,9+,11+/m0/s1. The lowest BCUT2D eigenvalue weighted by Gasteiger charge is -2.15. The Morgan fingerprint density at radius 2 is 2.45 bits per heavy atom. The Balaban J connectivity index is 1.98. The Morgan fingerprint density at radius 1 is 1.65 bits per heavy atom. The highest BCUT2D eigenvalue weighted by atomic mass is 16.6. The lowest BCUT2D eigenvalue weighted by atomic mass is 10.2. The number of aliphatic hydroxyl groups is 1. The van der Waals surface area contributed by atoms with Crippen LogP contribution < -0.4 is 17.2 Å². The van der Waals surface area contributed by atoms with Gasteiger partial charge in [-0.15, -0.1) is 0 Å². The summed E-state index contributed by atoms with van der Waals surface area (Å²) in [6.07, 6.45) is -0.0630. The van der Waals surface area contributed by atoms with Gasteiger partial charge in [0.1, 0.15) is 24.8 Å². The molecule has 8 nitrogen and oxygen atoms in total. The van der Waals surface area contributed by atoms with E-state index in [1.165, 1.54) is 16.8 Å². The molecule has 1 aromatic rings. The quantitative estimate of drug-likeness (QED) is 0.345. The Bertz CT molecular complexity index is 577. The lowest BCUT2D eigenvalue weighted by molar-refractivity contribution is -0.0588. The van der Waals surface area contributed by atoms with E-state index in [1.54, 1.807) is 0 Å². The first-order valence-corrected chi connectivity index (χ1v) is 6.06. The van der Waals surface area contributed by atoms with Crippen molar-refractivity contribution in [1.29, 1.82) is 0 Å². The van der Waals surface area contributed by atoms with Gasteiger partial charge in [0.2, 0.25) is 0 Å². The zero-order valence-corrected chi connectivity index (χ0v) is 10.7. The normalized spacial score (nSPS) is 25.1. The van der Waals surface area contributed by atoms with E-state index in [-0.39, 0.29) is 25.5 Å². The highest BCUT2D eigenvalue weighted by Crippen LogP contribution is 2.27. The molecule has 1 aromatic heterocycles. The molecule has 8 heteroatoms. The number of aromatic nitrogens is 2. The van der Waals surface area contributed by atoms with Crippen LogP contribution in [0, 0.1) is 12.0 Å². The molecule has 0 aliphatic carbocycles. The van der Waals surface area contributed by atoms with Crippen LogP contribution >= 0.6 is 0 Å². The van der Waals surface area contributed by atoms with Gasteiger partial charge in [-0.1, -0.05) is 5.92 Å². The first kappa shape index (κ1) is 14.3. The van der Waals surface area contributed by atoms with E-state index in [0.717, 1.165) is 0 Å². The average molecular weight is 280 g/mol. The monoisotopic (exact) mass is 280 g/mol. The minimum atomic E-state index is -0.727. The van der Waals surface area contributed by atoms with E-state index < -0.39 is 24.1 Å². The summed E-state index contributed by atoms with van der Waals surface area (Å²) in [4.78, 5) is 15.3. The van der Waals surface area contributed by atoms with E-state index >= 15 is 0 Å². The molecule has 5 N–H and O–H groups in total. The van der Waals surface area contributed by atoms with E-state index in [1.807, 2.05) is 0 Å². The molecule has 0 bridgehead atoms. The Morgan fingerprint density at radius 3 is 3.15 bits per heavy atom. The third-order valence-corrected chi connectivity index (χ3v) is 2.92. The maximum atomic E-state index is 11.7. The van der Waals surface area contributed by atoms with Crippen LogP contribution in [0.15, 0.2) is 17.1 Å². The first-order chi connectivity index (χ1) is 9.61. The molecule has 1 aliphatic heterocycles. The number of hydrogen-bond acceptors (Lipinski definition) is 7. The minimum Gasteiger partial charge on any atom is -0.390 e. The molecular formula is C12H16N4O4. The van der Waals surface area contributed by atoms with Crippen molar-refractivity contribution in [3.05, 3.63) is 22.7 Å². The van der Waals surface area contributed by atoms with Crippen LogP contribution in [0.4, 0.5) is 5.82 Å². The summed E-state index contributed by atoms with van der Waals surface area (Å²) < 4.78 is 12.1. The number of anilines is 1. The number of aliphatic hydroxyl groups excluding tert-OH is 1. The van der Waals surface area contributed by atoms with Crippen LogP contribution in [0.1, 0.15) is 12.6 Å². The number of hydrogen-bond donors (Lipinski definition) is 3. The van der Waals surface area contributed by atoms with Crippen molar-refractivity contribution in [2.24, 2.45) is 5.73 Å². The minimum absolute atomic E-state index is 0.144. The van der Waals surface area contributed by atoms with E-state index in [0.29, 0.717) is 0 Å². The topological polar surface area (TPSA) is 126 Å². The number of nitrogens with zero attached hydrogens (tertiary/aromatic N) is 2. The fourth-order valence-electron chi connectivity index (χ4n) is 1.95. The lowest BCUT2D eigenvalue weighted by Crippen LogP contribution is -2.28. The average Bonchev–Trinajstić information content (AvgIpc) is 2.76. The van der Waals surface area contributed by atoms with Gasteiger partial charge in [-0.2, -0.15) is 4.98 Å². The van der Waals surface area contributed by atoms with E-state index in [4.69, 9.17) is 20.9 Å². The maximum absolute atomic E-state index is 11.7. The Kier molecular flexibility index (Phi) is 4.57. The van der Waals surface area contributed by atoms with Gasteiger partial charge in [0.05, 0.1) is 12.7 Å². The molecule has 0 amide bonds. The van der Waals surface area contributed by atoms with Gasteiger partial charge >= 0.3 is 5.69 Å². The van der Waals surface area contributed by atoms with E-state index in [9.17, 15) is 9.90 Å². The van der Waals surface area contributed by atoms with Crippen molar-refractivity contribution >= 4 is 5.82 Å². The third kappa shape index (κ3) is 3.27. The zero-order chi connectivity index (χ0) is 14.5. The van der Waals surface area contributed by atoms with Crippen LogP contribution in [0.5, 0.6) is 0 Å². The molecule has 3 atom stereocenters. The highest BCUT2D eigenvalue weighted by Gasteiger charge is 2.35. The van der Waals surface area contributed by atoms with Crippen LogP contribution in [0.2, 0.25) is 0 Å². The van der Waals surface area contributed by atoms with Gasteiger partial charge in [-0.05, 0) is 6.07 Å². The van der Waals surface area contributed by atoms with Gasteiger partial charge in [0.25, 0.3) is 0 Å². The largest absolute Gasteiger partial charge is 0.390 e. The van der Waals surface area contributed by atoms with Crippen LogP contribution in [-0.2, 0) is 9.47 Å². The predicted octanol–water partition coefficient (Wildman–Crippen LogP) is -1.59. The molecule has 20 heavy (non-hydrogen) atoms. The molecule has 2 heterocycles. The third-order valence-electron chi connectivity index (χ3n) is 2.92. The summed E-state index contributed by atoms with van der Waals surface area (Å²) in [6.45, 7) is 0.334. The second-order valence-corrected chi connectivity index (χ2v) is 4.31. The van der Waals surface area contributed by atoms with Crippen molar-refractivity contribution in [1.82, 2.24) is 9.55 Å². The molecule has 0 aromatic carbocycles. The number of nitrogen functional groups attached to an aromatic ring is 1. The molecule has 0 saturated carbocycles. The Labute approximate surface area is 115 Å². The molecular weight excluding hydrogens is 264 g/mol. The fourth-order valence-corrected chi connectivity index (χ4v) is 1.95. The second kappa shape index (κ2) is 6.38. The SMILES string of the molecule is NC#CCOC[C@H]1O[C@@H](n2ccc(N)nc2=O)C[C@@H]1O. The zero-order valence-electron chi connectivity index (χ0n) is 10.7. The summed E-state index contributed by atoms with van der Waals surface area (Å²) in [5, 5.41) is 9.90. The summed E-state index contributed by atoms with van der Waals surface area (Å²) >= 11 is 0. The van der Waals surface area contributed by atoms with Gasteiger partial charge < -0.3 is 26.0 Å². The molecule has 1 fully saturated rings. The number of nitrogens with two attached hydrogens (primary N) is 2. The number of ether oxygens (including phenoxy) is 2. The van der Waals surface area contributed by atoms with Gasteiger partial charge in [-0.25, -0.2) is 4.79 Å². The van der Waals surface area contributed by atoms with E-state index in [2.05, 4.69) is 16.9 Å². The van der Waals surface area contributed by atoms with Crippen molar-refractivity contribution in [2.75, 3.05) is 18.9 Å². The maximum Gasteiger partial charge on any atom is 0.351 e. The predicted molar refractivity (Wildman–Crippen MR) is 70.2 cm³/mol. The van der Waals surface area contributed by atoms with Crippen molar-refractivity contribution in [3.8, 4) is 12.0 Å². The number of rotatable bonds is 4. The first-order valence-electron chi connectivity index (χ1n) is 6.06. The molecule has 108 valence electrons. The van der Waals surface area contributed by atoms with Crippen molar-refractivity contribution < 1.29 is 14.6 Å². The van der Waals surface area contributed by atoms with Gasteiger partial charge in [-0.3, -0.25) is 4.57 Å². The fraction of sp³-hybridized carbons (Fsp3) is 0.500. The van der Waals surface area contributed by atoms with Crippen LogP contribution in [0.3, 0.4) is 0 Å². The molecule has 0 radical (unpaired) electrons. The molecule has 1 saturated heterocycles. The smallest absolute Gasteiger partial charge is 0.351 e. The molecule has 0 spiro atoms. The molecule has 1 aliphatic rings.